The molecule has 0 spiro atoms. The van der Waals surface area contributed by atoms with Crippen molar-refractivity contribution < 1.29 is 0 Å². The Balaban J connectivity index is 1.73. The summed E-state index contributed by atoms with van der Waals surface area (Å²) in [7, 11) is 0. The summed E-state index contributed by atoms with van der Waals surface area (Å²) >= 11 is 0. The van der Waals surface area contributed by atoms with Crippen LogP contribution in [-0.4, -0.2) is 9.55 Å². The lowest BCUT2D eigenvalue weighted by atomic mass is 9.95. The number of rotatable bonds is 3. The predicted molar refractivity (Wildman–Crippen MR) is 136 cm³/mol. The molecular weight excluding hydrogens is 432 g/mol. The van der Waals surface area contributed by atoms with Gasteiger partial charge in [0.25, 0.3) is 0 Å². The van der Waals surface area contributed by atoms with Crippen LogP contribution in [0.5, 0.6) is 0 Å². The van der Waals surface area contributed by atoms with Gasteiger partial charge in [-0.3, -0.25) is 0 Å². The van der Waals surface area contributed by atoms with Gasteiger partial charge in [0.2, 0.25) is 0 Å². The van der Waals surface area contributed by atoms with E-state index in [-0.39, 0.29) is 5.82 Å². The average Bonchev–Trinajstić information content (AvgIpc) is 3.34. The highest BCUT2D eigenvalue weighted by molar-refractivity contribution is 6.10. The van der Waals surface area contributed by atoms with Crippen molar-refractivity contribution in [3.8, 4) is 18.2 Å². The minimum absolute atomic E-state index is 0.137. The molecule has 0 bridgehead atoms. The van der Waals surface area contributed by atoms with Crippen LogP contribution in [0.1, 0.15) is 46.0 Å². The van der Waals surface area contributed by atoms with Gasteiger partial charge in [-0.15, -0.1) is 0 Å². The molecule has 1 aliphatic carbocycles. The van der Waals surface area contributed by atoms with Gasteiger partial charge in [-0.1, -0.05) is 36.4 Å². The van der Waals surface area contributed by atoms with Gasteiger partial charge in [0, 0.05) is 34.8 Å². The highest BCUT2D eigenvalue weighted by atomic mass is 15.0. The van der Waals surface area contributed by atoms with Crippen molar-refractivity contribution in [3.05, 3.63) is 99.4 Å². The lowest BCUT2D eigenvalue weighted by Crippen LogP contribution is -2.03. The second-order valence-electron chi connectivity index (χ2n) is 8.50. The fourth-order valence-corrected chi connectivity index (χ4v) is 4.82. The number of allylic oxidation sites excluding steroid dienone is 3. The van der Waals surface area contributed by atoms with E-state index in [9.17, 15) is 15.8 Å². The minimum Gasteiger partial charge on any atom is -0.383 e. The highest BCUT2D eigenvalue weighted by Gasteiger charge is 2.30. The fourth-order valence-electron chi connectivity index (χ4n) is 4.82. The zero-order valence-electron chi connectivity index (χ0n) is 19.3. The van der Waals surface area contributed by atoms with Gasteiger partial charge < -0.3 is 10.3 Å². The maximum Gasteiger partial charge on any atom is 0.142 e. The Hall–Kier alpha value is -5.12. The molecule has 0 amide bonds. The molecule has 2 aromatic carbocycles. The van der Waals surface area contributed by atoms with Crippen molar-refractivity contribution in [1.82, 2.24) is 9.55 Å². The number of hydrogen-bond donors (Lipinski definition) is 1. The lowest BCUT2D eigenvalue weighted by molar-refractivity contribution is 0.833. The van der Waals surface area contributed by atoms with Gasteiger partial charge in [-0.05, 0) is 54.3 Å². The Morgan fingerprint density at radius 3 is 2.46 bits per heavy atom. The Bertz CT molecular complexity index is 1730. The topological polar surface area (TPSA) is 115 Å². The average molecular weight is 453 g/mol. The monoisotopic (exact) mass is 452 g/mol. The van der Waals surface area contributed by atoms with E-state index in [1.807, 2.05) is 50.2 Å². The third-order valence-electron chi connectivity index (χ3n) is 6.58. The van der Waals surface area contributed by atoms with Gasteiger partial charge in [-0.25, -0.2) is 4.98 Å². The quantitative estimate of drug-likeness (QED) is 0.436. The number of pyridine rings is 1. The number of nitriles is 3. The molecule has 0 aliphatic heterocycles. The zero-order chi connectivity index (χ0) is 24.7. The van der Waals surface area contributed by atoms with Gasteiger partial charge in [0.05, 0.1) is 28.5 Å². The van der Waals surface area contributed by atoms with E-state index in [0.29, 0.717) is 28.9 Å². The van der Waals surface area contributed by atoms with Gasteiger partial charge in [0.1, 0.15) is 18.0 Å². The molecule has 35 heavy (non-hydrogen) atoms. The van der Waals surface area contributed by atoms with Crippen LogP contribution in [-0.2, 0) is 6.54 Å². The summed E-state index contributed by atoms with van der Waals surface area (Å²) in [4.78, 5) is 4.42. The first-order valence-corrected chi connectivity index (χ1v) is 11.1. The molecule has 5 rings (SSSR count). The Kier molecular flexibility index (Phi) is 5.17. The number of hydrogen-bond acceptors (Lipinski definition) is 5. The Labute approximate surface area is 203 Å². The second kappa shape index (κ2) is 8.34. The Morgan fingerprint density at radius 2 is 1.71 bits per heavy atom. The fraction of sp³-hybridized carbons (Fsp3) is 0.103. The summed E-state index contributed by atoms with van der Waals surface area (Å²) in [5.74, 6) is 0.137. The highest BCUT2D eigenvalue weighted by Crippen LogP contribution is 2.44. The molecule has 6 nitrogen and oxygen atoms in total. The molecule has 166 valence electrons. The van der Waals surface area contributed by atoms with E-state index < -0.39 is 0 Å². The van der Waals surface area contributed by atoms with Crippen molar-refractivity contribution in [2.45, 2.75) is 20.4 Å². The maximum absolute atomic E-state index is 9.85. The summed E-state index contributed by atoms with van der Waals surface area (Å²) in [6, 6.07) is 22.4. The van der Waals surface area contributed by atoms with Crippen LogP contribution in [0.25, 0.3) is 28.1 Å². The lowest BCUT2D eigenvalue weighted by Gasteiger charge is -2.10. The molecule has 0 saturated heterocycles. The molecule has 6 heteroatoms. The maximum atomic E-state index is 9.85. The molecule has 4 aromatic rings. The standard InChI is InChI=1S/C29H20N6/c1-17-23(27-18(2)25(14-32)29(33)34-28(27)24(17)13-31)11-21-16-35(26-10-6-5-9-22(21)26)15-20-8-4-3-7-19(20)12-30/h3-11,16H,15H2,1-2H3,(H2,33,34)/b23-11-. The number of benzene rings is 2. The van der Waals surface area contributed by atoms with Crippen LogP contribution >= 0.6 is 0 Å². The largest absolute Gasteiger partial charge is 0.383 e. The number of nitrogens with two attached hydrogens (primary N) is 1. The van der Waals surface area contributed by atoms with E-state index in [0.717, 1.165) is 44.3 Å². The summed E-state index contributed by atoms with van der Waals surface area (Å²) in [6.45, 7) is 4.30. The molecular formula is C29H20N6. The first kappa shape index (κ1) is 21.7. The number of nitrogens with zero attached hydrogens (tertiary/aromatic N) is 5. The van der Waals surface area contributed by atoms with E-state index in [2.05, 4.69) is 52.2 Å². The van der Waals surface area contributed by atoms with Crippen molar-refractivity contribution in [3.63, 3.8) is 0 Å². The van der Waals surface area contributed by atoms with Gasteiger partial charge in [-0.2, -0.15) is 15.8 Å². The molecule has 0 radical (unpaired) electrons. The molecule has 2 N–H and O–H groups in total. The van der Waals surface area contributed by atoms with Crippen LogP contribution in [0.4, 0.5) is 5.82 Å². The molecule has 1 aliphatic rings. The number of aromatic nitrogens is 2. The van der Waals surface area contributed by atoms with Crippen LogP contribution in [0, 0.1) is 40.9 Å². The van der Waals surface area contributed by atoms with Crippen LogP contribution in [0.2, 0.25) is 0 Å². The molecule has 2 heterocycles. The van der Waals surface area contributed by atoms with Gasteiger partial charge >= 0.3 is 0 Å². The molecule has 0 fully saturated rings. The summed E-state index contributed by atoms with van der Waals surface area (Å²) in [5, 5.41) is 30.1. The summed E-state index contributed by atoms with van der Waals surface area (Å²) < 4.78 is 2.13. The predicted octanol–water partition coefficient (Wildman–Crippen LogP) is 5.57. The Morgan fingerprint density at radius 1 is 0.971 bits per heavy atom. The van der Waals surface area contributed by atoms with Crippen LogP contribution < -0.4 is 5.73 Å². The summed E-state index contributed by atoms with van der Waals surface area (Å²) in [5.41, 5.74) is 14.1. The molecule has 0 unspecified atom stereocenters. The van der Waals surface area contributed by atoms with Crippen molar-refractivity contribution in [2.75, 3.05) is 5.73 Å². The smallest absolute Gasteiger partial charge is 0.142 e. The number of nitrogen functional groups attached to an aromatic ring is 1. The molecule has 0 atom stereocenters. The number of para-hydroxylation sites is 1. The zero-order valence-corrected chi connectivity index (χ0v) is 19.3. The molecule has 0 saturated carbocycles. The van der Waals surface area contributed by atoms with Crippen LogP contribution in [0.15, 0.2) is 60.3 Å². The number of fused-ring (bicyclic) bond motifs is 2. The summed E-state index contributed by atoms with van der Waals surface area (Å²) in [6.07, 6.45) is 4.12. The third-order valence-corrected chi connectivity index (χ3v) is 6.58. The minimum atomic E-state index is 0.137. The van der Waals surface area contributed by atoms with E-state index in [1.54, 1.807) is 0 Å². The van der Waals surface area contributed by atoms with Crippen molar-refractivity contribution in [2.24, 2.45) is 0 Å². The second-order valence-corrected chi connectivity index (χ2v) is 8.50. The normalized spacial score (nSPS) is 13.5. The van der Waals surface area contributed by atoms with Gasteiger partial charge in [0.15, 0.2) is 0 Å². The van der Waals surface area contributed by atoms with Crippen LogP contribution in [0.3, 0.4) is 0 Å². The van der Waals surface area contributed by atoms with Crippen molar-refractivity contribution >= 4 is 33.9 Å². The SMILES string of the molecule is CC1=C(C#N)c2nc(N)c(C#N)c(C)c2/C1=C\c1cn(Cc2ccccc2C#N)c2ccccc12. The third kappa shape index (κ3) is 3.35. The van der Waals surface area contributed by atoms with E-state index in [1.165, 1.54) is 0 Å². The number of anilines is 1. The first-order chi connectivity index (χ1) is 17.0. The first-order valence-electron chi connectivity index (χ1n) is 11.1. The van der Waals surface area contributed by atoms with E-state index >= 15 is 0 Å². The van der Waals surface area contributed by atoms with Crippen molar-refractivity contribution in [1.29, 1.82) is 15.8 Å². The van der Waals surface area contributed by atoms with E-state index in [4.69, 9.17) is 5.73 Å². The molecule has 2 aromatic heterocycles.